The van der Waals surface area contributed by atoms with Gasteiger partial charge in [-0.05, 0) is 25.0 Å². The number of pyridine rings is 1. The number of nitrogens with zero attached hydrogens (tertiary/aromatic N) is 5. The van der Waals surface area contributed by atoms with E-state index in [0.717, 1.165) is 37.7 Å². The van der Waals surface area contributed by atoms with Crippen LogP contribution in [0.2, 0.25) is 0 Å². The summed E-state index contributed by atoms with van der Waals surface area (Å²) in [4.78, 5) is 6.75. The Hall–Kier alpha value is -1.95. The molecule has 100 valence electrons. The van der Waals surface area contributed by atoms with E-state index < -0.39 is 0 Å². The van der Waals surface area contributed by atoms with E-state index in [2.05, 4.69) is 36.8 Å². The van der Waals surface area contributed by atoms with E-state index in [1.807, 2.05) is 13.1 Å². The number of nitrogens with two attached hydrogens (primary N) is 1. The maximum absolute atomic E-state index is 5.79. The van der Waals surface area contributed by atoms with Gasteiger partial charge in [0.15, 0.2) is 5.82 Å². The Bertz CT molecular complexity index is 545. The molecule has 0 fully saturated rings. The van der Waals surface area contributed by atoms with Gasteiger partial charge in [0.25, 0.3) is 0 Å². The van der Waals surface area contributed by atoms with Crippen LogP contribution in [0.1, 0.15) is 18.3 Å². The SMILES string of the molecule is CC(N)Cc1ccc(N2CCn3cnnc3C2)nc1. The molecule has 19 heavy (non-hydrogen) atoms. The van der Waals surface area contributed by atoms with Gasteiger partial charge in [0, 0.05) is 25.3 Å². The largest absolute Gasteiger partial charge is 0.347 e. The third-order valence-electron chi connectivity index (χ3n) is 3.33. The topological polar surface area (TPSA) is 72.9 Å². The van der Waals surface area contributed by atoms with Crippen LogP contribution in [0.3, 0.4) is 0 Å². The van der Waals surface area contributed by atoms with Crippen molar-refractivity contribution in [2.75, 3.05) is 11.4 Å². The number of hydrogen-bond donors (Lipinski definition) is 1. The van der Waals surface area contributed by atoms with Gasteiger partial charge in [-0.2, -0.15) is 0 Å². The van der Waals surface area contributed by atoms with E-state index >= 15 is 0 Å². The molecule has 3 heterocycles. The first-order chi connectivity index (χ1) is 9.22. The van der Waals surface area contributed by atoms with E-state index in [9.17, 15) is 0 Å². The summed E-state index contributed by atoms with van der Waals surface area (Å²) in [6, 6.07) is 4.33. The third-order valence-corrected chi connectivity index (χ3v) is 3.33. The van der Waals surface area contributed by atoms with Crippen LogP contribution >= 0.6 is 0 Å². The van der Waals surface area contributed by atoms with Crippen molar-refractivity contribution in [1.82, 2.24) is 19.7 Å². The first-order valence-electron chi connectivity index (χ1n) is 6.54. The maximum atomic E-state index is 5.79. The summed E-state index contributed by atoms with van der Waals surface area (Å²) >= 11 is 0. The Kier molecular flexibility index (Phi) is 3.16. The van der Waals surface area contributed by atoms with Gasteiger partial charge in [-0.15, -0.1) is 10.2 Å². The summed E-state index contributed by atoms with van der Waals surface area (Å²) in [5.74, 6) is 1.98. The molecule has 6 heteroatoms. The first kappa shape index (κ1) is 12.1. The van der Waals surface area contributed by atoms with Crippen molar-refractivity contribution in [3.05, 3.63) is 36.0 Å². The van der Waals surface area contributed by atoms with E-state index in [1.165, 1.54) is 5.56 Å². The summed E-state index contributed by atoms with van der Waals surface area (Å²) < 4.78 is 2.08. The second-order valence-electron chi connectivity index (χ2n) is 5.07. The standard InChI is InChI=1S/C13H18N6/c1-10(14)6-11-2-3-12(15-7-11)18-4-5-19-9-16-17-13(19)8-18/h2-3,7,9-10H,4-6,8,14H2,1H3. The summed E-state index contributed by atoms with van der Waals surface area (Å²) in [5, 5.41) is 8.05. The number of aromatic nitrogens is 4. The van der Waals surface area contributed by atoms with Gasteiger partial charge in [0.1, 0.15) is 12.1 Å². The molecule has 0 saturated carbocycles. The van der Waals surface area contributed by atoms with E-state index in [0.29, 0.717) is 0 Å². The van der Waals surface area contributed by atoms with Gasteiger partial charge in [-0.25, -0.2) is 4.98 Å². The van der Waals surface area contributed by atoms with Crippen LogP contribution in [0.15, 0.2) is 24.7 Å². The minimum atomic E-state index is 0.168. The van der Waals surface area contributed by atoms with E-state index in [-0.39, 0.29) is 6.04 Å². The van der Waals surface area contributed by atoms with Crippen molar-refractivity contribution in [3.8, 4) is 0 Å². The van der Waals surface area contributed by atoms with Crippen LogP contribution in [0, 0.1) is 0 Å². The van der Waals surface area contributed by atoms with Crippen molar-refractivity contribution in [2.45, 2.75) is 32.5 Å². The Labute approximate surface area is 112 Å². The third kappa shape index (κ3) is 2.58. The lowest BCUT2D eigenvalue weighted by molar-refractivity contribution is 0.556. The summed E-state index contributed by atoms with van der Waals surface area (Å²) in [6.07, 6.45) is 4.56. The van der Waals surface area contributed by atoms with E-state index in [4.69, 9.17) is 5.73 Å². The van der Waals surface area contributed by atoms with Crippen LogP contribution in [0.5, 0.6) is 0 Å². The van der Waals surface area contributed by atoms with Crippen molar-refractivity contribution in [2.24, 2.45) is 5.73 Å². The van der Waals surface area contributed by atoms with E-state index in [1.54, 1.807) is 6.33 Å². The molecular formula is C13H18N6. The van der Waals surface area contributed by atoms with Gasteiger partial charge in [0.2, 0.25) is 0 Å². The van der Waals surface area contributed by atoms with Gasteiger partial charge in [0.05, 0.1) is 6.54 Å². The molecule has 0 bridgehead atoms. The Balaban J connectivity index is 1.73. The zero-order valence-corrected chi connectivity index (χ0v) is 11.0. The molecular weight excluding hydrogens is 240 g/mol. The highest BCUT2D eigenvalue weighted by Gasteiger charge is 2.18. The number of anilines is 1. The average Bonchev–Trinajstić information content (AvgIpc) is 2.86. The number of rotatable bonds is 3. The molecule has 0 aliphatic carbocycles. The lowest BCUT2D eigenvalue weighted by atomic mass is 10.1. The molecule has 1 atom stereocenters. The fraction of sp³-hybridized carbons (Fsp3) is 0.462. The summed E-state index contributed by atoms with van der Waals surface area (Å²) in [7, 11) is 0. The quantitative estimate of drug-likeness (QED) is 0.872. The molecule has 2 aromatic rings. The minimum Gasteiger partial charge on any atom is -0.347 e. The van der Waals surface area contributed by atoms with Gasteiger partial charge < -0.3 is 15.2 Å². The summed E-state index contributed by atoms with van der Waals surface area (Å²) in [6.45, 7) is 4.61. The molecule has 1 aliphatic heterocycles. The Morgan fingerprint density at radius 2 is 2.26 bits per heavy atom. The normalized spacial score (nSPS) is 16.2. The lowest BCUT2D eigenvalue weighted by Crippen LogP contribution is -2.34. The van der Waals surface area contributed by atoms with Crippen LogP contribution < -0.4 is 10.6 Å². The molecule has 2 aromatic heterocycles. The van der Waals surface area contributed by atoms with Crippen LogP contribution in [0.25, 0.3) is 0 Å². The Morgan fingerprint density at radius 1 is 1.37 bits per heavy atom. The predicted molar refractivity (Wildman–Crippen MR) is 72.7 cm³/mol. The molecule has 0 radical (unpaired) electrons. The average molecular weight is 258 g/mol. The first-order valence-corrected chi connectivity index (χ1v) is 6.54. The molecule has 1 unspecified atom stereocenters. The monoisotopic (exact) mass is 258 g/mol. The zero-order valence-electron chi connectivity index (χ0n) is 11.0. The van der Waals surface area contributed by atoms with Crippen LogP contribution in [0.4, 0.5) is 5.82 Å². The van der Waals surface area contributed by atoms with Crippen molar-refractivity contribution >= 4 is 5.82 Å². The highest BCUT2D eigenvalue weighted by Crippen LogP contribution is 2.17. The molecule has 0 spiro atoms. The van der Waals surface area contributed by atoms with Crippen LogP contribution in [-0.4, -0.2) is 32.3 Å². The fourth-order valence-electron chi connectivity index (χ4n) is 2.36. The van der Waals surface area contributed by atoms with Crippen LogP contribution in [-0.2, 0) is 19.5 Å². The molecule has 3 rings (SSSR count). The smallest absolute Gasteiger partial charge is 0.152 e. The van der Waals surface area contributed by atoms with Crippen molar-refractivity contribution < 1.29 is 0 Å². The maximum Gasteiger partial charge on any atom is 0.152 e. The number of fused-ring (bicyclic) bond motifs is 1. The highest BCUT2D eigenvalue weighted by atomic mass is 15.3. The molecule has 0 saturated heterocycles. The minimum absolute atomic E-state index is 0.168. The lowest BCUT2D eigenvalue weighted by Gasteiger charge is -2.28. The highest BCUT2D eigenvalue weighted by molar-refractivity contribution is 5.40. The predicted octanol–water partition coefficient (Wildman–Crippen LogP) is 0.583. The zero-order chi connectivity index (χ0) is 13.2. The Morgan fingerprint density at radius 3 is 3.00 bits per heavy atom. The molecule has 2 N–H and O–H groups in total. The second kappa shape index (κ2) is 4.97. The van der Waals surface area contributed by atoms with Gasteiger partial charge in [-0.1, -0.05) is 6.07 Å². The summed E-state index contributed by atoms with van der Waals surface area (Å²) in [5.41, 5.74) is 6.97. The van der Waals surface area contributed by atoms with Crippen molar-refractivity contribution in [3.63, 3.8) is 0 Å². The second-order valence-corrected chi connectivity index (χ2v) is 5.07. The van der Waals surface area contributed by atoms with Crippen molar-refractivity contribution in [1.29, 1.82) is 0 Å². The van der Waals surface area contributed by atoms with Gasteiger partial charge >= 0.3 is 0 Å². The van der Waals surface area contributed by atoms with Gasteiger partial charge in [-0.3, -0.25) is 0 Å². The molecule has 1 aliphatic rings. The molecule has 0 aromatic carbocycles. The number of hydrogen-bond acceptors (Lipinski definition) is 5. The molecule has 6 nitrogen and oxygen atoms in total. The molecule has 0 amide bonds. The fourth-order valence-corrected chi connectivity index (χ4v) is 2.36.